The number of hydrogen-bond donors (Lipinski definition) is 1. The van der Waals surface area contributed by atoms with Crippen LogP contribution in [0.1, 0.15) is 31.1 Å². The normalized spacial score (nSPS) is 13.2. The van der Waals surface area contributed by atoms with Gasteiger partial charge < -0.3 is 9.84 Å². The van der Waals surface area contributed by atoms with Gasteiger partial charge >= 0.3 is 0 Å². The minimum Gasteiger partial charge on any atom is -0.386 e. The van der Waals surface area contributed by atoms with E-state index in [1.807, 2.05) is 0 Å². The highest BCUT2D eigenvalue weighted by Gasteiger charge is 2.19. The molecule has 2 nitrogen and oxygen atoms in total. The number of rotatable bonds is 4. The van der Waals surface area contributed by atoms with Crippen LogP contribution in [-0.2, 0) is 4.74 Å². The zero-order valence-corrected chi connectivity index (χ0v) is 9.63. The fourth-order valence-electron chi connectivity index (χ4n) is 1.35. The Morgan fingerprint density at radius 1 is 1.31 bits per heavy atom. The van der Waals surface area contributed by atoms with E-state index in [9.17, 15) is 13.9 Å². The average Bonchev–Trinajstić information content (AvgIpc) is 2.21. The minimum atomic E-state index is -1.28. The Morgan fingerprint density at radius 2 is 1.94 bits per heavy atom. The maximum atomic E-state index is 13.6. The summed E-state index contributed by atoms with van der Waals surface area (Å²) in [6.45, 7) is 4.98. The summed E-state index contributed by atoms with van der Waals surface area (Å²) in [4.78, 5) is 0. The van der Waals surface area contributed by atoms with Crippen LogP contribution in [0.25, 0.3) is 0 Å². The highest BCUT2D eigenvalue weighted by molar-refractivity contribution is 5.28. The molecule has 1 aromatic rings. The van der Waals surface area contributed by atoms with Crippen molar-refractivity contribution in [3.8, 4) is 0 Å². The molecule has 0 amide bonds. The third-order valence-electron chi connectivity index (χ3n) is 2.24. The van der Waals surface area contributed by atoms with E-state index >= 15 is 0 Å². The van der Waals surface area contributed by atoms with Gasteiger partial charge in [0.05, 0.1) is 18.3 Å². The van der Waals surface area contributed by atoms with Gasteiger partial charge in [-0.1, -0.05) is 6.07 Å². The Labute approximate surface area is 93.9 Å². The predicted molar refractivity (Wildman–Crippen MR) is 57.1 cm³/mol. The van der Waals surface area contributed by atoms with Crippen molar-refractivity contribution in [2.75, 3.05) is 6.61 Å². The number of aliphatic hydroxyl groups is 1. The van der Waals surface area contributed by atoms with Gasteiger partial charge in [-0.15, -0.1) is 0 Å². The van der Waals surface area contributed by atoms with E-state index in [2.05, 4.69) is 0 Å². The lowest BCUT2D eigenvalue weighted by atomic mass is 10.1. The lowest BCUT2D eigenvalue weighted by Crippen LogP contribution is -2.15. The Hall–Kier alpha value is -1.00. The highest BCUT2D eigenvalue weighted by Crippen LogP contribution is 2.23. The molecule has 1 aromatic carbocycles. The first kappa shape index (κ1) is 13.1. The summed E-state index contributed by atoms with van der Waals surface area (Å²) in [5.74, 6) is -1.46. The lowest BCUT2D eigenvalue weighted by molar-refractivity contribution is 0.00212. The van der Waals surface area contributed by atoms with Crippen molar-refractivity contribution in [2.24, 2.45) is 0 Å². The molecule has 0 aliphatic rings. The third-order valence-corrected chi connectivity index (χ3v) is 2.24. The first-order valence-corrected chi connectivity index (χ1v) is 5.17. The van der Waals surface area contributed by atoms with Gasteiger partial charge in [0.1, 0.15) is 17.7 Å². The van der Waals surface area contributed by atoms with Crippen LogP contribution in [0.4, 0.5) is 8.78 Å². The van der Waals surface area contributed by atoms with Crippen molar-refractivity contribution in [1.82, 2.24) is 0 Å². The highest BCUT2D eigenvalue weighted by atomic mass is 19.1. The van der Waals surface area contributed by atoms with E-state index < -0.39 is 17.7 Å². The van der Waals surface area contributed by atoms with Crippen molar-refractivity contribution in [2.45, 2.75) is 33.0 Å². The number of ether oxygens (including phenoxy) is 1. The Kier molecular flexibility index (Phi) is 4.38. The number of aryl methyl sites for hydroxylation is 1. The molecule has 1 N–H and O–H groups in total. The number of halogens is 2. The molecular weight excluding hydrogens is 214 g/mol. The molecule has 0 aliphatic carbocycles. The Bertz CT molecular complexity index is 364. The average molecular weight is 230 g/mol. The van der Waals surface area contributed by atoms with Gasteiger partial charge in [0, 0.05) is 0 Å². The predicted octanol–water partition coefficient (Wildman–Crippen LogP) is 2.73. The van der Waals surface area contributed by atoms with Crippen molar-refractivity contribution in [3.63, 3.8) is 0 Å². The first-order chi connectivity index (χ1) is 7.43. The SMILES string of the molecule is Cc1ccc(F)c(C(O)COC(C)C)c1F. The topological polar surface area (TPSA) is 29.5 Å². The van der Waals surface area contributed by atoms with Crippen LogP contribution in [0.5, 0.6) is 0 Å². The van der Waals surface area contributed by atoms with E-state index in [1.165, 1.54) is 13.0 Å². The van der Waals surface area contributed by atoms with E-state index in [-0.39, 0.29) is 18.3 Å². The molecule has 16 heavy (non-hydrogen) atoms. The maximum Gasteiger partial charge on any atom is 0.134 e. The summed E-state index contributed by atoms with van der Waals surface area (Å²) in [5, 5.41) is 9.65. The van der Waals surface area contributed by atoms with Gasteiger partial charge in [0.25, 0.3) is 0 Å². The quantitative estimate of drug-likeness (QED) is 0.861. The van der Waals surface area contributed by atoms with Crippen LogP contribution in [0.2, 0.25) is 0 Å². The molecule has 0 aliphatic heterocycles. The Morgan fingerprint density at radius 3 is 2.50 bits per heavy atom. The molecule has 0 radical (unpaired) electrons. The molecule has 0 fully saturated rings. The van der Waals surface area contributed by atoms with Gasteiger partial charge in [-0.25, -0.2) is 8.78 Å². The second kappa shape index (κ2) is 5.37. The molecule has 4 heteroatoms. The number of aliphatic hydroxyl groups excluding tert-OH is 1. The maximum absolute atomic E-state index is 13.6. The van der Waals surface area contributed by atoms with Crippen LogP contribution in [-0.4, -0.2) is 17.8 Å². The molecule has 1 atom stereocenters. The molecular formula is C12H16F2O2. The molecule has 0 heterocycles. The van der Waals surface area contributed by atoms with Crippen LogP contribution in [0.15, 0.2) is 12.1 Å². The molecule has 0 saturated heterocycles. The first-order valence-electron chi connectivity index (χ1n) is 5.17. The smallest absolute Gasteiger partial charge is 0.134 e. The standard InChI is InChI=1S/C12H16F2O2/c1-7(2)16-6-10(15)11-9(13)5-4-8(3)12(11)14/h4-5,7,10,15H,6H2,1-3H3. The second-order valence-electron chi connectivity index (χ2n) is 3.99. The molecule has 0 bridgehead atoms. The monoisotopic (exact) mass is 230 g/mol. The summed E-state index contributed by atoms with van der Waals surface area (Å²) in [6, 6.07) is 2.48. The van der Waals surface area contributed by atoms with E-state index in [0.29, 0.717) is 5.56 Å². The molecule has 1 rings (SSSR count). The largest absolute Gasteiger partial charge is 0.386 e. The van der Waals surface area contributed by atoms with Gasteiger partial charge in [0.15, 0.2) is 0 Å². The molecule has 90 valence electrons. The summed E-state index contributed by atoms with van der Waals surface area (Å²) in [7, 11) is 0. The van der Waals surface area contributed by atoms with E-state index in [4.69, 9.17) is 4.74 Å². The third kappa shape index (κ3) is 3.00. The molecule has 0 saturated carbocycles. The number of hydrogen-bond acceptors (Lipinski definition) is 2. The zero-order valence-electron chi connectivity index (χ0n) is 9.63. The molecule has 0 aromatic heterocycles. The van der Waals surface area contributed by atoms with Crippen molar-refractivity contribution in [1.29, 1.82) is 0 Å². The summed E-state index contributed by atoms with van der Waals surface area (Å²) in [5.41, 5.74) is -0.0133. The number of benzene rings is 1. The summed E-state index contributed by atoms with van der Waals surface area (Å²) < 4.78 is 32.1. The van der Waals surface area contributed by atoms with Crippen molar-refractivity contribution in [3.05, 3.63) is 34.9 Å². The van der Waals surface area contributed by atoms with Crippen molar-refractivity contribution >= 4 is 0 Å². The molecule has 0 spiro atoms. The fourth-order valence-corrected chi connectivity index (χ4v) is 1.35. The fraction of sp³-hybridized carbons (Fsp3) is 0.500. The van der Waals surface area contributed by atoms with Crippen LogP contribution in [0.3, 0.4) is 0 Å². The van der Waals surface area contributed by atoms with E-state index in [1.54, 1.807) is 13.8 Å². The van der Waals surface area contributed by atoms with Crippen LogP contribution in [0, 0.1) is 18.6 Å². The van der Waals surface area contributed by atoms with Gasteiger partial charge in [-0.3, -0.25) is 0 Å². The van der Waals surface area contributed by atoms with E-state index in [0.717, 1.165) is 6.07 Å². The van der Waals surface area contributed by atoms with Crippen molar-refractivity contribution < 1.29 is 18.6 Å². The van der Waals surface area contributed by atoms with Crippen LogP contribution >= 0.6 is 0 Å². The van der Waals surface area contributed by atoms with Gasteiger partial charge in [-0.05, 0) is 32.4 Å². The minimum absolute atomic E-state index is 0.0921. The van der Waals surface area contributed by atoms with Gasteiger partial charge in [-0.2, -0.15) is 0 Å². The molecule has 1 unspecified atom stereocenters. The van der Waals surface area contributed by atoms with Gasteiger partial charge in [0.2, 0.25) is 0 Å². The lowest BCUT2D eigenvalue weighted by Gasteiger charge is -2.16. The van der Waals surface area contributed by atoms with Crippen LogP contribution < -0.4 is 0 Å². The second-order valence-corrected chi connectivity index (χ2v) is 3.99. The summed E-state index contributed by atoms with van der Waals surface area (Å²) in [6.07, 6.45) is -1.37. The zero-order chi connectivity index (χ0) is 12.3. The summed E-state index contributed by atoms with van der Waals surface area (Å²) >= 11 is 0. The Balaban J connectivity index is 2.90.